The molecule has 0 unspecified atom stereocenters. The van der Waals surface area contributed by atoms with Gasteiger partial charge in [0.05, 0.1) is 10.5 Å². The summed E-state index contributed by atoms with van der Waals surface area (Å²) < 4.78 is 0. The predicted octanol–water partition coefficient (Wildman–Crippen LogP) is 1.63. The van der Waals surface area contributed by atoms with E-state index in [0.29, 0.717) is 12.8 Å². The minimum Gasteiger partial charge on any atom is -0.388 e. The Morgan fingerprint density at radius 3 is 2.63 bits per heavy atom. The molecule has 6 heteroatoms. The number of amides is 1. The molecule has 0 radical (unpaired) electrons. The molecule has 0 aliphatic heterocycles. The maximum Gasteiger partial charge on any atom is 0.282 e. The third-order valence-electron chi connectivity index (χ3n) is 3.46. The van der Waals surface area contributed by atoms with Crippen molar-refractivity contribution in [2.75, 3.05) is 6.54 Å². The fraction of sp³-hybridized carbons (Fsp3) is 0.462. The highest BCUT2D eigenvalue weighted by Gasteiger charge is 2.32. The van der Waals surface area contributed by atoms with Gasteiger partial charge in [0.15, 0.2) is 0 Å². The van der Waals surface area contributed by atoms with Gasteiger partial charge in [-0.05, 0) is 18.9 Å². The molecular formula is C13H16N2O4. The van der Waals surface area contributed by atoms with Crippen LogP contribution in [0.25, 0.3) is 0 Å². The van der Waals surface area contributed by atoms with Crippen LogP contribution in [-0.4, -0.2) is 28.1 Å². The Morgan fingerprint density at radius 1 is 1.37 bits per heavy atom. The molecule has 2 N–H and O–H groups in total. The highest BCUT2D eigenvalue weighted by atomic mass is 16.6. The zero-order chi connectivity index (χ0) is 13.9. The lowest BCUT2D eigenvalue weighted by Crippen LogP contribution is -2.40. The van der Waals surface area contributed by atoms with Crippen LogP contribution in [0.4, 0.5) is 5.69 Å². The number of para-hydroxylation sites is 1. The second kappa shape index (κ2) is 5.36. The lowest BCUT2D eigenvalue weighted by Gasteiger charge is -2.22. The van der Waals surface area contributed by atoms with E-state index in [9.17, 15) is 20.0 Å². The Morgan fingerprint density at radius 2 is 2.00 bits per heavy atom. The van der Waals surface area contributed by atoms with Crippen LogP contribution < -0.4 is 5.32 Å². The minimum atomic E-state index is -0.862. The number of nitrogens with one attached hydrogen (secondary N) is 1. The van der Waals surface area contributed by atoms with Crippen molar-refractivity contribution in [2.45, 2.75) is 31.3 Å². The van der Waals surface area contributed by atoms with Crippen LogP contribution in [0, 0.1) is 10.1 Å². The van der Waals surface area contributed by atoms with E-state index in [2.05, 4.69) is 5.32 Å². The largest absolute Gasteiger partial charge is 0.388 e. The first-order valence-electron chi connectivity index (χ1n) is 6.26. The molecule has 0 aromatic heterocycles. The molecule has 1 aliphatic rings. The molecule has 1 aromatic carbocycles. The summed E-state index contributed by atoms with van der Waals surface area (Å²) in [7, 11) is 0. The van der Waals surface area contributed by atoms with Gasteiger partial charge in [-0.1, -0.05) is 25.0 Å². The molecule has 0 bridgehead atoms. The maximum absolute atomic E-state index is 11.9. The standard InChI is InChI=1S/C13H16N2O4/c16-12(14-9-13(17)7-3-4-8-13)10-5-1-2-6-11(10)15(18)19/h1-2,5-6,17H,3-4,7-9H2,(H,14,16). The van der Waals surface area contributed by atoms with E-state index in [1.54, 1.807) is 6.07 Å². The van der Waals surface area contributed by atoms with Crippen molar-refractivity contribution in [3.63, 3.8) is 0 Å². The number of benzene rings is 1. The molecule has 1 saturated carbocycles. The second-order valence-corrected chi connectivity index (χ2v) is 4.89. The van der Waals surface area contributed by atoms with Crippen LogP contribution in [0.15, 0.2) is 24.3 Å². The van der Waals surface area contributed by atoms with Crippen molar-refractivity contribution in [3.8, 4) is 0 Å². The number of aliphatic hydroxyl groups is 1. The molecule has 0 atom stereocenters. The van der Waals surface area contributed by atoms with Crippen molar-refractivity contribution in [3.05, 3.63) is 39.9 Å². The van der Waals surface area contributed by atoms with Gasteiger partial charge in [-0.15, -0.1) is 0 Å². The molecule has 0 saturated heterocycles. The van der Waals surface area contributed by atoms with E-state index in [1.807, 2.05) is 0 Å². The van der Waals surface area contributed by atoms with E-state index in [4.69, 9.17) is 0 Å². The summed E-state index contributed by atoms with van der Waals surface area (Å²) >= 11 is 0. The fourth-order valence-corrected chi connectivity index (χ4v) is 2.37. The zero-order valence-electron chi connectivity index (χ0n) is 10.5. The first kappa shape index (κ1) is 13.5. The molecule has 102 valence electrons. The van der Waals surface area contributed by atoms with Gasteiger partial charge in [0, 0.05) is 12.6 Å². The van der Waals surface area contributed by atoms with Gasteiger partial charge in [0.2, 0.25) is 0 Å². The quantitative estimate of drug-likeness (QED) is 0.638. The molecule has 0 spiro atoms. The van der Waals surface area contributed by atoms with Crippen molar-refractivity contribution < 1.29 is 14.8 Å². The minimum absolute atomic E-state index is 0.0223. The number of carbonyl (C=O) groups is 1. The molecule has 19 heavy (non-hydrogen) atoms. The third-order valence-corrected chi connectivity index (χ3v) is 3.46. The Bertz CT molecular complexity index is 495. The maximum atomic E-state index is 11.9. The average molecular weight is 264 g/mol. The second-order valence-electron chi connectivity index (χ2n) is 4.89. The molecule has 2 rings (SSSR count). The summed E-state index contributed by atoms with van der Waals surface area (Å²) in [6, 6.07) is 5.79. The zero-order valence-corrected chi connectivity index (χ0v) is 10.5. The highest BCUT2D eigenvalue weighted by molar-refractivity contribution is 5.98. The van der Waals surface area contributed by atoms with E-state index >= 15 is 0 Å². The molecular weight excluding hydrogens is 248 g/mol. The fourth-order valence-electron chi connectivity index (χ4n) is 2.37. The van der Waals surface area contributed by atoms with Crippen LogP contribution in [0.2, 0.25) is 0 Å². The Balaban J connectivity index is 2.06. The Kier molecular flexibility index (Phi) is 3.80. The van der Waals surface area contributed by atoms with Gasteiger partial charge >= 0.3 is 0 Å². The molecule has 1 fully saturated rings. The van der Waals surface area contributed by atoms with E-state index in [0.717, 1.165) is 12.8 Å². The molecule has 1 aliphatic carbocycles. The van der Waals surface area contributed by atoms with Gasteiger partial charge in [-0.25, -0.2) is 0 Å². The molecule has 0 heterocycles. The number of nitro benzene ring substituents is 1. The number of carbonyl (C=O) groups excluding carboxylic acids is 1. The Hall–Kier alpha value is -1.95. The van der Waals surface area contributed by atoms with E-state index in [-0.39, 0.29) is 17.8 Å². The van der Waals surface area contributed by atoms with Crippen molar-refractivity contribution >= 4 is 11.6 Å². The van der Waals surface area contributed by atoms with Crippen molar-refractivity contribution in [1.82, 2.24) is 5.32 Å². The highest BCUT2D eigenvalue weighted by Crippen LogP contribution is 2.28. The Labute approximate surface area is 110 Å². The van der Waals surface area contributed by atoms with Crippen molar-refractivity contribution in [1.29, 1.82) is 0 Å². The summed E-state index contributed by atoms with van der Waals surface area (Å²) in [5.74, 6) is -0.521. The molecule has 1 amide bonds. The molecule has 6 nitrogen and oxygen atoms in total. The van der Waals surface area contributed by atoms with E-state index < -0.39 is 16.4 Å². The first-order valence-corrected chi connectivity index (χ1v) is 6.26. The first-order chi connectivity index (χ1) is 9.02. The monoisotopic (exact) mass is 264 g/mol. The third kappa shape index (κ3) is 3.08. The smallest absolute Gasteiger partial charge is 0.282 e. The normalized spacial score (nSPS) is 17.1. The summed E-state index contributed by atoms with van der Waals surface area (Å²) in [5.41, 5.74) is -1.06. The van der Waals surface area contributed by atoms with Gasteiger partial charge in [0.1, 0.15) is 5.56 Å². The number of rotatable bonds is 4. The predicted molar refractivity (Wildman–Crippen MR) is 68.8 cm³/mol. The SMILES string of the molecule is O=C(NCC1(O)CCCC1)c1ccccc1[N+](=O)[O-]. The van der Waals surface area contributed by atoms with Gasteiger partial charge < -0.3 is 10.4 Å². The number of hydrogen-bond acceptors (Lipinski definition) is 4. The van der Waals surface area contributed by atoms with Crippen LogP contribution in [0.5, 0.6) is 0 Å². The number of nitro groups is 1. The summed E-state index contributed by atoms with van der Waals surface area (Å²) in [4.78, 5) is 22.2. The van der Waals surface area contributed by atoms with Gasteiger partial charge in [-0.3, -0.25) is 14.9 Å². The van der Waals surface area contributed by atoms with Crippen LogP contribution in [0.3, 0.4) is 0 Å². The summed E-state index contributed by atoms with van der Waals surface area (Å²) in [6.07, 6.45) is 3.20. The van der Waals surface area contributed by atoms with Crippen LogP contribution in [-0.2, 0) is 0 Å². The lowest BCUT2D eigenvalue weighted by molar-refractivity contribution is -0.385. The lowest BCUT2D eigenvalue weighted by atomic mass is 10.0. The molecule has 1 aromatic rings. The average Bonchev–Trinajstić information content (AvgIpc) is 2.83. The van der Waals surface area contributed by atoms with Crippen LogP contribution >= 0.6 is 0 Å². The van der Waals surface area contributed by atoms with E-state index in [1.165, 1.54) is 18.2 Å². The topological polar surface area (TPSA) is 92.5 Å². The summed E-state index contributed by atoms with van der Waals surface area (Å²) in [6.45, 7) is 0.137. The number of hydrogen-bond donors (Lipinski definition) is 2. The number of nitrogens with zero attached hydrogens (tertiary/aromatic N) is 1. The van der Waals surface area contributed by atoms with Crippen molar-refractivity contribution in [2.24, 2.45) is 0 Å². The van der Waals surface area contributed by atoms with Gasteiger partial charge in [-0.2, -0.15) is 0 Å². The summed E-state index contributed by atoms with van der Waals surface area (Å²) in [5, 5.41) is 23.5. The van der Waals surface area contributed by atoms with Crippen LogP contribution in [0.1, 0.15) is 36.0 Å². The van der Waals surface area contributed by atoms with Gasteiger partial charge in [0.25, 0.3) is 11.6 Å².